The van der Waals surface area contributed by atoms with Crippen LogP contribution in [-0.4, -0.2) is 29.3 Å². The minimum atomic E-state index is -0.164. The van der Waals surface area contributed by atoms with Crippen molar-refractivity contribution in [3.63, 3.8) is 0 Å². The van der Waals surface area contributed by atoms with Gasteiger partial charge in [0, 0.05) is 16.2 Å². The van der Waals surface area contributed by atoms with Crippen LogP contribution in [0.3, 0.4) is 0 Å². The van der Waals surface area contributed by atoms with Gasteiger partial charge in [0.1, 0.15) is 0 Å². The fourth-order valence-electron chi connectivity index (χ4n) is 1.90. The minimum absolute atomic E-state index is 0.164. The molecule has 1 saturated heterocycles. The molecule has 5 heteroatoms. The number of benzene rings is 1. The summed E-state index contributed by atoms with van der Waals surface area (Å²) in [6, 6.07) is 10.1. The average molecular weight is 309 g/mol. The van der Waals surface area contributed by atoms with Crippen molar-refractivity contribution in [3.05, 3.63) is 41.0 Å². The van der Waals surface area contributed by atoms with Gasteiger partial charge in [-0.2, -0.15) is 5.10 Å². The lowest BCUT2D eigenvalue weighted by Gasteiger charge is -2.08. The summed E-state index contributed by atoms with van der Waals surface area (Å²) >= 11 is 3.42. The third-order valence-corrected chi connectivity index (χ3v) is 3.34. The monoisotopic (exact) mass is 308 g/mol. The smallest absolute Gasteiger partial charge is 0.177 e. The Morgan fingerprint density at radius 2 is 1.89 bits per heavy atom. The van der Waals surface area contributed by atoms with Gasteiger partial charge >= 0.3 is 0 Å². The van der Waals surface area contributed by atoms with Gasteiger partial charge in [-0.1, -0.05) is 28.1 Å². The molecule has 1 aromatic carbocycles. The molecule has 0 bridgehead atoms. The molecule has 0 spiro atoms. The van der Waals surface area contributed by atoms with Crippen molar-refractivity contribution < 1.29 is 9.47 Å². The Balaban J connectivity index is 1.74. The van der Waals surface area contributed by atoms with Crippen molar-refractivity contribution in [2.24, 2.45) is 0 Å². The van der Waals surface area contributed by atoms with Crippen molar-refractivity contribution in [3.8, 4) is 11.3 Å². The van der Waals surface area contributed by atoms with Crippen LogP contribution in [0.25, 0.3) is 11.3 Å². The predicted molar refractivity (Wildman–Crippen MR) is 71.1 cm³/mol. The highest BCUT2D eigenvalue weighted by Gasteiger charge is 2.16. The largest absolute Gasteiger partial charge is 0.348 e. The molecule has 1 aliphatic rings. The molecule has 1 fully saturated rings. The van der Waals surface area contributed by atoms with Crippen molar-refractivity contribution in [1.29, 1.82) is 0 Å². The molecule has 2 aromatic rings. The average Bonchev–Trinajstić information content (AvgIpc) is 3.02. The van der Waals surface area contributed by atoms with Gasteiger partial charge < -0.3 is 9.47 Å². The van der Waals surface area contributed by atoms with E-state index < -0.39 is 0 Å². The van der Waals surface area contributed by atoms with E-state index in [2.05, 4.69) is 21.0 Å². The number of aromatic nitrogens is 2. The van der Waals surface area contributed by atoms with E-state index in [4.69, 9.17) is 9.47 Å². The van der Waals surface area contributed by atoms with E-state index >= 15 is 0 Å². The zero-order chi connectivity index (χ0) is 12.4. The van der Waals surface area contributed by atoms with E-state index in [-0.39, 0.29) is 6.29 Å². The summed E-state index contributed by atoms with van der Waals surface area (Å²) in [6.07, 6.45) is 1.78. The first-order valence-electron chi connectivity index (χ1n) is 5.84. The summed E-state index contributed by atoms with van der Waals surface area (Å²) in [5.41, 5.74) is 2.06. The van der Waals surface area contributed by atoms with Crippen LogP contribution >= 0.6 is 15.9 Å². The van der Waals surface area contributed by atoms with Gasteiger partial charge in [-0.15, -0.1) is 0 Å². The molecule has 0 N–H and O–H groups in total. The number of hydrogen-bond acceptors (Lipinski definition) is 3. The van der Waals surface area contributed by atoms with Gasteiger partial charge in [0.2, 0.25) is 0 Å². The Kier molecular flexibility index (Phi) is 3.45. The van der Waals surface area contributed by atoms with E-state index in [9.17, 15) is 0 Å². The first-order valence-corrected chi connectivity index (χ1v) is 6.63. The van der Waals surface area contributed by atoms with Crippen LogP contribution in [0, 0.1) is 0 Å². The summed E-state index contributed by atoms with van der Waals surface area (Å²) in [6.45, 7) is 1.98. The first-order chi connectivity index (χ1) is 8.81. The molecule has 0 aliphatic carbocycles. The highest BCUT2D eigenvalue weighted by atomic mass is 79.9. The van der Waals surface area contributed by atoms with Gasteiger partial charge in [-0.25, -0.2) is 0 Å². The fourth-order valence-corrected chi connectivity index (χ4v) is 2.17. The van der Waals surface area contributed by atoms with Crippen molar-refractivity contribution in [1.82, 2.24) is 9.78 Å². The maximum absolute atomic E-state index is 5.40. The van der Waals surface area contributed by atoms with Gasteiger partial charge in [0.25, 0.3) is 0 Å². The van der Waals surface area contributed by atoms with Crippen LogP contribution in [0.1, 0.15) is 0 Å². The third-order valence-electron chi connectivity index (χ3n) is 2.81. The van der Waals surface area contributed by atoms with Crippen LogP contribution in [0.5, 0.6) is 0 Å². The maximum atomic E-state index is 5.40. The summed E-state index contributed by atoms with van der Waals surface area (Å²) in [5.74, 6) is 0. The number of ether oxygens (including phenoxy) is 2. The third kappa shape index (κ3) is 2.63. The second-order valence-corrected chi connectivity index (χ2v) is 5.02. The molecule has 0 atom stereocenters. The second kappa shape index (κ2) is 5.22. The zero-order valence-corrected chi connectivity index (χ0v) is 11.3. The summed E-state index contributed by atoms with van der Waals surface area (Å²) in [4.78, 5) is 0. The molecule has 94 valence electrons. The van der Waals surface area contributed by atoms with Crippen molar-refractivity contribution >= 4 is 15.9 Å². The predicted octanol–water partition coefficient (Wildman–Crippen LogP) is 2.69. The highest BCUT2D eigenvalue weighted by Crippen LogP contribution is 2.20. The van der Waals surface area contributed by atoms with Gasteiger partial charge in [0.05, 0.1) is 25.5 Å². The van der Waals surface area contributed by atoms with Crippen molar-refractivity contribution in [2.75, 3.05) is 13.2 Å². The van der Waals surface area contributed by atoms with Crippen LogP contribution in [0.15, 0.2) is 41.0 Å². The van der Waals surface area contributed by atoms with E-state index in [1.807, 2.05) is 41.2 Å². The molecule has 0 amide bonds. The van der Waals surface area contributed by atoms with E-state index in [1.54, 1.807) is 0 Å². The maximum Gasteiger partial charge on any atom is 0.177 e. The molecule has 4 nitrogen and oxygen atoms in total. The minimum Gasteiger partial charge on any atom is -0.348 e. The Hall–Kier alpha value is -1.17. The Bertz CT molecular complexity index is 518. The number of halogens is 1. The summed E-state index contributed by atoms with van der Waals surface area (Å²) < 4.78 is 13.7. The molecular weight excluding hydrogens is 296 g/mol. The zero-order valence-electron chi connectivity index (χ0n) is 9.75. The lowest BCUT2D eigenvalue weighted by molar-refractivity contribution is -0.0545. The molecular formula is C13H13BrN2O2. The molecule has 1 aromatic heterocycles. The molecule has 3 rings (SSSR count). The van der Waals surface area contributed by atoms with Gasteiger partial charge in [0.15, 0.2) is 6.29 Å². The van der Waals surface area contributed by atoms with E-state index in [1.165, 1.54) is 0 Å². The summed E-state index contributed by atoms with van der Waals surface area (Å²) in [5, 5.41) is 4.52. The number of rotatable bonds is 3. The standard InChI is InChI=1S/C13H13BrN2O2/c14-11-3-1-10(2-4-11)12-5-6-16(15-12)9-13-17-7-8-18-13/h1-6,13H,7-9H2. The lowest BCUT2D eigenvalue weighted by Crippen LogP contribution is -2.17. The molecule has 1 aliphatic heterocycles. The van der Waals surface area contributed by atoms with Crippen LogP contribution in [0.2, 0.25) is 0 Å². The first kappa shape index (κ1) is 11.9. The van der Waals surface area contributed by atoms with E-state index in [0.29, 0.717) is 19.8 Å². The van der Waals surface area contributed by atoms with Gasteiger partial charge in [-0.05, 0) is 18.2 Å². The van der Waals surface area contributed by atoms with Crippen molar-refractivity contribution in [2.45, 2.75) is 12.8 Å². The topological polar surface area (TPSA) is 36.3 Å². The molecule has 18 heavy (non-hydrogen) atoms. The second-order valence-electron chi connectivity index (χ2n) is 4.10. The Labute approximate surface area is 114 Å². The normalized spacial score (nSPS) is 16.3. The van der Waals surface area contributed by atoms with Crippen LogP contribution < -0.4 is 0 Å². The van der Waals surface area contributed by atoms with Crippen LogP contribution in [0.4, 0.5) is 0 Å². The molecule has 0 radical (unpaired) electrons. The molecule has 2 heterocycles. The number of hydrogen-bond donors (Lipinski definition) is 0. The Morgan fingerprint density at radius 1 is 1.17 bits per heavy atom. The molecule has 0 saturated carbocycles. The fraction of sp³-hybridized carbons (Fsp3) is 0.308. The van der Waals surface area contributed by atoms with Crippen LogP contribution in [-0.2, 0) is 16.0 Å². The SMILES string of the molecule is Brc1ccc(-c2ccn(CC3OCCO3)n2)cc1. The van der Waals surface area contributed by atoms with Gasteiger partial charge in [-0.3, -0.25) is 4.68 Å². The van der Waals surface area contributed by atoms with E-state index in [0.717, 1.165) is 15.7 Å². The Morgan fingerprint density at radius 3 is 2.61 bits per heavy atom. The number of nitrogens with zero attached hydrogens (tertiary/aromatic N) is 2. The quantitative estimate of drug-likeness (QED) is 0.874. The highest BCUT2D eigenvalue weighted by molar-refractivity contribution is 9.10. The lowest BCUT2D eigenvalue weighted by atomic mass is 10.2. The summed E-state index contributed by atoms with van der Waals surface area (Å²) in [7, 11) is 0. The molecule has 0 unspecified atom stereocenters.